The first-order valence-electron chi connectivity index (χ1n) is 13.7. The molecule has 13 heteroatoms. The second kappa shape index (κ2) is 10.7. The number of hydrogen-bond acceptors (Lipinski definition) is 9. The lowest BCUT2D eigenvalue weighted by Crippen LogP contribution is -2.37. The number of nitrogens with zero attached hydrogens (tertiary/aromatic N) is 7. The van der Waals surface area contributed by atoms with E-state index in [0.717, 1.165) is 36.6 Å². The highest BCUT2D eigenvalue weighted by Crippen LogP contribution is 2.45. The number of nitriles is 1. The summed E-state index contributed by atoms with van der Waals surface area (Å²) in [6, 6.07) is 6.12. The van der Waals surface area contributed by atoms with Crippen molar-refractivity contribution < 1.29 is 13.6 Å². The minimum absolute atomic E-state index is 0.0646. The van der Waals surface area contributed by atoms with E-state index in [0.29, 0.717) is 41.4 Å². The maximum Gasteiger partial charge on any atom is 0.253 e. The zero-order valence-corrected chi connectivity index (χ0v) is 23.6. The molecule has 0 aromatic carbocycles. The van der Waals surface area contributed by atoms with Crippen LogP contribution in [0.25, 0.3) is 22.3 Å². The second-order valence-electron chi connectivity index (χ2n) is 11.0. The van der Waals surface area contributed by atoms with Gasteiger partial charge in [0.1, 0.15) is 16.5 Å². The highest BCUT2D eigenvalue weighted by molar-refractivity contribution is 7.80. The van der Waals surface area contributed by atoms with Gasteiger partial charge < -0.3 is 19.8 Å². The lowest BCUT2D eigenvalue weighted by Gasteiger charge is -2.25. The molecule has 0 saturated heterocycles. The molecule has 41 heavy (non-hydrogen) atoms. The summed E-state index contributed by atoms with van der Waals surface area (Å²) in [7, 11) is 0. The Balaban J connectivity index is 1.22. The van der Waals surface area contributed by atoms with Gasteiger partial charge in [0.2, 0.25) is 0 Å². The molecule has 1 amide bonds. The Morgan fingerprint density at radius 3 is 2.63 bits per heavy atom. The Bertz CT molecular complexity index is 1680. The monoisotopic (exact) mass is 572 g/mol. The van der Waals surface area contributed by atoms with Crippen LogP contribution < -0.4 is 10.6 Å². The number of amides is 1. The Labute approximate surface area is 239 Å². The topological polar surface area (TPSA) is 166 Å². The molecule has 212 valence electrons. The first-order chi connectivity index (χ1) is 19.8. The van der Waals surface area contributed by atoms with E-state index < -0.39 is 16.0 Å². The van der Waals surface area contributed by atoms with Gasteiger partial charge in [0.05, 0.1) is 28.9 Å². The van der Waals surface area contributed by atoms with E-state index in [-0.39, 0.29) is 23.9 Å². The molecule has 1 unspecified atom stereocenters. The summed E-state index contributed by atoms with van der Waals surface area (Å²) >= 11 is -2.26. The van der Waals surface area contributed by atoms with Crippen LogP contribution in [0.3, 0.4) is 0 Å². The molecular formula is C28H30N9O3S-. The van der Waals surface area contributed by atoms with Crippen molar-refractivity contribution in [3.63, 3.8) is 0 Å². The lowest BCUT2D eigenvalue weighted by atomic mass is 9.87. The first kappa shape index (κ1) is 27.0. The maximum atomic E-state index is 13.3. The van der Waals surface area contributed by atoms with Gasteiger partial charge in [-0.25, -0.2) is 15.0 Å². The van der Waals surface area contributed by atoms with E-state index in [2.05, 4.69) is 55.2 Å². The van der Waals surface area contributed by atoms with Crippen molar-refractivity contribution in [2.24, 2.45) is 5.92 Å². The number of nitrogens with one attached hydrogen (secondary N) is 2. The van der Waals surface area contributed by atoms with Crippen molar-refractivity contribution >= 4 is 39.5 Å². The smallest absolute Gasteiger partial charge is 0.253 e. The van der Waals surface area contributed by atoms with Crippen molar-refractivity contribution in [1.82, 2.24) is 34.6 Å². The molecule has 4 aromatic heterocycles. The van der Waals surface area contributed by atoms with Gasteiger partial charge in [-0.3, -0.25) is 13.7 Å². The summed E-state index contributed by atoms with van der Waals surface area (Å²) in [6.07, 6.45) is 12.7. The van der Waals surface area contributed by atoms with Gasteiger partial charge in [0.25, 0.3) is 5.91 Å². The van der Waals surface area contributed by atoms with Crippen molar-refractivity contribution in [2.45, 2.75) is 69.3 Å². The van der Waals surface area contributed by atoms with Gasteiger partial charge >= 0.3 is 0 Å². The summed E-state index contributed by atoms with van der Waals surface area (Å²) in [5.41, 5.74) is 2.05. The van der Waals surface area contributed by atoms with Crippen molar-refractivity contribution in [2.75, 3.05) is 5.32 Å². The van der Waals surface area contributed by atoms with Gasteiger partial charge in [0.15, 0.2) is 5.82 Å². The number of fused-ring (bicyclic) bond motifs is 1. The van der Waals surface area contributed by atoms with Crippen LogP contribution in [0, 0.1) is 17.2 Å². The van der Waals surface area contributed by atoms with E-state index in [9.17, 15) is 13.6 Å². The van der Waals surface area contributed by atoms with Crippen LogP contribution in [0.15, 0.2) is 43.1 Å². The summed E-state index contributed by atoms with van der Waals surface area (Å²) in [4.78, 5) is 25.8. The number of carbonyl (C=O) groups excluding carboxylic acids is 1. The van der Waals surface area contributed by atoms with E-state index >= 15 is 0 Å². The zero-order chi connectivity index (χ0) is 28.7. The van der Waals surface area contributed by atoms with Gasteiger partial charge in [-0.15, -0.1) is 0 Å². The lowest BCUT2D eigenvalue weighted by molar-refractivity contribution is 0.0926. The van der Waals surface area contributed by atoms with Crippen LogP contribution in [0.1, 0.15) is 68.8 Å². The predicted octanol–water partition coefficient (Wildman–Crippen LogP) is 4.15. The second-order valence-corrected chi connectivity index (χ2v) is 12.3. The van der Waals surface area contributed by atoms with Crippen molar-refractivity contribution in [3.8, 4) is 17.5 Å². The van der Waals surface area contributed by atoms with E-state index in [1.54, 1.807) is 30.9 Å². The van der Waals surface area contributed by atoms with E-state index in [1.165, 1.54) is 4.68 Å². The molecule has 2 aliphatic carbocycles. The average molecular weight is 573 g/mol. The fourth-order valence-corrected chi connectivity index (χ4v) is 6.08. The predicted molar refractivity (Wildman–Crippen MR) is 152 cm³/mol. The molecule has 2 saturated carbocycles. The molecule has 6 rings (SSSR count). The molecule has 4 heterocycles. The van der Waals surface area contributed by atoms with E-state index in [1.807, 2.05) is 12.3 Å². The zero-order valence-electron chi connectivity index (χ0n) is 22.8. The summed E-state index contributed by atoms with van der Waals surface area (Å²) in [6.45, 7) is 4.12. The Morgan fingerprint density at radius 2 is 1.95 bits per heavy atom. The Morgan fingerprint density at radius 1 is 1.17 bits per heavy atom. The molecule has 12 nitrogen and oxygen atoms in total. The number of anilines is 2. The maximum absolute atomic E-state index is 13.3. The Hall–Kier alpha value is -4.15. The fourth-order valence-electron chi connectivity index (χ4n) is 5.39. The number of carbonyl (C=O) groups is 1. The third kappa shape index (κ3) is 5.20. The molecule has 0 bridgehead atoms. The number of hydrogen-bond donors (Lipinski definition) is 2. The third-order valence-corrected chi connectivity index (χ3v) is 9.14. The number of rotatable bonds is 8. The van der Waals surface area contributed by atoms with Crippen LogP contribution in [0.4, 0.5) is 11.6 Å². The minimum atomic E-state index is -2.26. The molecule has 1 atom stereocenters. The highest BCUT2D eigenvalue weighted by atomic mass is 32.2. The summed E-state index contributed by atoms with van der Waals surface area (Å²) in [5.74, 6) is 1.42. The SMILES string of the molecule is CC(C)n1cc(C(=O)NC2CCC(C#N)CC2)c2cnc(Nc3ccnc(-c4cnn(C5(S(=O)[O-])CC5)c4)n3)cc21. The van der Waals surface area contributed by atoms with Gasteiger partial charge in [-0.05, 0) is 69.5 Å². The van der Waals surface area contributed by atoms with Crippen LogP contribution in [-0.2, 0) is 16.0 Å². The van der Waals surface area contributed by atoms with Crippen molar-refractivity contribution in [3.05, 3.63) is 48.7 Å². The normalized spacial score (nSPS) is 20.5. The van der Waals surface area contributed by atoms with Crippen LogP contribution in [0.5, 0.6) is 0 Å². The largest absolute Gasteiger partial charge is 0.770 e. The molecular weight excluding hydrogens is 542 g/mol. The third-order valence-electron chi connectivity index (χ3n) is 7.92. The van der Waals surface area contributed by atoms with Gasteiger partial charge in [0, 0.05) is 54.2 Å². The molecule has 0 spiro atoms. The van der Waals surface area contributed by atoms with Crippen molar-refractivity contribution in [1.29, 1.82) is 5.26 Å². The molecule has 0 radical (unpaired) electrons. The molecule has 4 aromatic rings. The standard InChI is InChI=1S/C28H31N9O3S/c1-17(2)36-16-22(27(38)33-20-5-3-18(12-29)4-6-20)21-14-31-25(11-23(21)36)34-24-7-10-30-26(35-24)19-13-32-37(15-19)28(8-9-28)41(39)40/h7,10-11,13-18,20H,3-6,8-9H2,1-2H3,(H,33,38)(H,39,40)(H,30,31,34,35)/p-1. The average Bonchev–Trinajstić information content (AvgIpc) is 3.47. The highest BCUT2D eigenvalue weighted by Gasteiger charge is 2.47. The van der Waals surface area contributed by atoms with E-state index in [4.69, 9.17) is 5.26 Å². The minimum Gasteiger partial charge on any atom is -0.770 e. The number of aromatic nitrogens is 6. The van der Waals surface area contributed by atoms with Crippen LogP contribution in [-0.4, -0.2) is 50.0 Å². The van der Waals surface area contributed by atoms with Crippen LogP contribution >= 0.6 is 0 Å². The molecule has 0 aliphatic heterocycles. The first-order valence-corrected chi connectivity index (χ1v) is 14.8. The molecule has 2 fully saturated rings. The molecule has 2 N–H and O–H groups in total. The number of pyridine rings is 1. The van der Waals surface area contributed by atoms with Crippen LogP contribution in [0.2, 0.25) is 0 Å². The molecule has 2 aliphatic rings. The van der Waals surface area contributed by atoms with Gasteiger partial charge in [-0.1, -0.05) is 0 Å². The summed E-state index contributed by atoms with van der Waals surface area (Å²) < 4.78 is 26.8. The fraction of sp³-hybridized carbons (Fsp3) is 0.429. The Kier molecular flexibility index (Phi) is 7.04. The summed E-state index contributed by atoms with van der Waals surface area (Å²) in [5, 5.41) is 20.5. The quantitative estimate of drug-likeness (QED) is 0.295. The van der Waals surface area contributed by atoms with Gasteiger partial charge in [-0.2, -0.15) is 10.4 Å².